The number of amidine groups is 1. The predicted octanol–water partition coefficient (Wildman–Crippen LogP) is 3.36. The van der Waals surface area contributed by atoms with Crippen molar-refractivity contribution < 1.29 is 28.3 Å². The van der Waals surface area contributed by atoms with Crippen LogP contribution >= 0.6 is 12.4 Å². The van der Waals surface area contributed by atoms with E-state index in [9.17, 15) is 19.1 Å². The number of carbonyl (C=O) groups excluding carboxylic acids is 1. The van der Waals surface area contributed by atoms with E-state index in [0.717, 1.165) is 0 Å². The summed E-state index contributed by atoms with van der Waals surface area (Å²) in [5.41, 5.74) is 0.754. The van der Waals surface area contributed by atoms with Crippen LogP contribution < -0.4 is 34.6 Å². The number of aliphatic imine (C=N–C) groups is 1. The molecule has 0 saturated carbocycles. The SMILES string of the molecule is COc1ccc(N(C([O-])=Nc2ccc(F)cc2)C(C)c2nc3ccccc3c(=O)n2N2CCN(C(=O)C[n+]3ccccc3)CC2)c(OC)c1.Cl. The number of methoxy groups -OCH3 is 2. The average Bonchev–Trinajstić information content (AvgIpc) is 3.13. The minimum atomic E-state index is -0.870. The van der Waals surface area contributed by atoms with Crippen molar-refractivity contribution in [2.24, 2.45) is 4.99 Å². The summed E-state index contributed by atoms with van der Waals surface area (Å²) >= 11 is 0. The number of rotatable bonds is 9. The first-order chi connectivity index (χ1) is 23.8. The molecule has 1 fully saturated rings. The van der Waals surface area contributed by atoms with Crippen molar-refractivity contribution in [1.29, 1.82) is 0 Å². The molecule has 2 aromatic heterocycles. The summed E-state index contributed by atoms with van der Waals surface area (Å²) in [6.45, 7) is 3.43. The Morgan fingerprint density at radius 2 is 1.68 bits per heavy atom. The number of aromatic nitrogens is 3. The van der Waals surface area contributed by atoms with E-state index in [4.69, 9.17) is 14.5 Å². The molecule has 0 spiro atoms. The first-order valence-corrected chi connectivity index (χ1v) is 15.8. The van der Waals surface area contributed by atoms with Crippen molar-refractivity contribution >= 4 is 46.6 Å². The molecule has 1 unspecified atom stereocenters. The van der Waals surface area contributed by atoms with Crippen LogP contribution in [0.5, 0.6) is 11.5 Å². The van der Waals surface area contributed by atoms with Gasteiger partial charge in [0.1, 0.15) is 17.3 Å². The van der Waals surface area contributed by atoms with Crippen LogP contribution in [0.1, 0.15) is 18.8 Å². The second-order valence-electron chi connectivity index (χ2n) is 11.4. The first-order valence-electron chi connectivity index (χ1n) is 15.8. The molecule has 14 heteroatoms. The van der Waals surface area contributed by atoms with Gasteiger partial charge in [-0.1, -0.05) is 18.2 Å². The third-order valence-corrected chi connectivity index (χ3v) is 8.43. The number of hydrogen-bond acceptors (Lipinski definition) is 8. The second kappa shape index (κ2) is 15.7. The smallest absolute Gasteiger partial charge is 0.288 e. The van der Waals surface area contributed by atoms with Crippen LogP contribution in [0.2, 0.25) is 0 Å². The van der Waals surface area contributed by atoms with E-state index in [0.29, 0.717) is 54.3 Å². The highest BCUT2D eigenvalue weighted by Crippen LogP contribution is 2.37. The topological polar surface area (TPSA) is 119 Å². The fourth-order valence-electron chi connectivity index (χ4n) is 5.88. The van der Waals surface area contributed by atoms with Crippen LogP contribution in [0.3, 0.4) is 0 Å². The Labute approximate surface area is 294 Å². The number of carbonyl (C=O) groups is 1. The quantitative estimate of drug-likeness (QED) is 0.131. The highest BCUT2D eigenvalue weighted by molar-refractivity contribution is 5.93. The maximum absolute atomic E-state index is 14.3. The van der Waals surface area contributed by atoms with Crippen LogP contribution in [-0.2, 0) is 11.3 Å². The van der Waals surface area contributed by atoms with Crippen molar-refractivity contribution in [1.82, 2.24) is 14.6 Å². The average molecular weight is 702 g/mol. The van der Waals surface area contributed by atoms with Crippen LogP contribution in [-0.4, -0.2) is 66.9 Å². The number of anilines is 1. The maximum atomic E-state index is 14.3. The highest BCUT2D eigenvalue weighted by Gasteiger charge is 2.30. The van der Waals surface area contributed by atoms with E-state index in [1.54, 1.807) is 54.3 Å². The number of amides is 1. The molecule has 0 radical (unpaired) electrons. The molecule has 260 valence electrons. The molecule has 1 aliphatic rings. The molecule has 3 aromatic carbocycles. The molecule has 5 aromatic rings. The molecule has 1 atom stereocenters. The Balaban J connectivity index is 0.00000486. The van der Waals surface area contributed by atoms with E-state index >= 15 is 0 Å². The van der Waals surface area contributed by atoms with Crippen molar-refractivity contribution in [3.05, 3.63) is 119 Å². The van der Waals surface area contributed by atoms with Gasteiger partial charge >= 0.3 is 0 Å². The maximum Gasteiger partial charge on any atom is 0.288 e. The molecule has 50 heavy (non-hydrogen) atoms. The summed E-state index contributed by atoms with van der Waals surface area (Å²) in [5.74, 6) is 0.628. The van der Waals surface area contributed by atoms with Gasteiger partial charge in [-0.3, -0.25) is 9.59 Å². The van der Waals surface area contributed by atoms with Gasteiger partial charge in [-0.25, -0.2) is 19.0 Å². The van der Waals surface area contributed by atoms with E-state index < -0.39 is 17.9 Å². The van der Waals surface area contributed by atoms with Gasteiger partial charge in [0.2, 0.25) is 6.54 Å². The van der Waals surface area contributed by atoms with Crippen molar-refractivity contribution in [2.45, 2.75) is 19.5 Å². The lowest BCUT2D eigenvalue weighted by Crippen LogP contribution is -2.58. The monoisotopic (exact) mass is 701 g/mol. The molecule has 1 amide bonds. The first kappa shape index (κ1) is 35.6. The van der Waals surface area contributed by atoms with E-state index in [2.05, 4.69) is 4.99 Å². The van der Waals surface area contributed by atoms with Gasteiger partial charge in [0.05, 0.1) is 61.7 Å². The minimum absolute atomic E-state index is 0. The lowest BCUT2D eigenvalue weighted by molar-refractivity contribution is -0.685. The molecular weight excluding hydrogens is 665 g/mol. The summed E-state index contributed by atoms with van der Waals surface area (Å²) < 4.78 is 28.1. The number of ether oxygens (including phenoxy) is 2. The van der Waals surface area contributed by atoms with Gasteiger partial charge in [-0.05, 0) is 55.5 Å². The largest absolute Gasteiger partial charge is 0.846 e. The minimum Gasteiger partial charge on any atom is -0.846 e. The molecule has 0 aliphatic carbocycles. The van der Waals surface area contributed by atoms with Crippen LogP contribution in [0, 0.1) is 5.82 Å². The summed E-state index contributed by atoms with van der Waals surface area (Å²) in [6, 6.07) is 21.4. The summed E-state index contributed by atoms with van der Waals surface area (Å²) in [6.07, 6.45) is 3.69. The van der Waals surface area contributed by atoms with Gasteiger partial charge in [0, 0.05) is 31.3 Å². The molecule has 0 bridgehead atoms. The van der Waals surface area contributed by atoms with Gasteiger partial charge in [0.25, 0.3) is 11.5 Å². The van der Waals surface area contributed by atoms with Crippen LogP contribution in [0.25, 0.3) is 10.9 Å². The number of pyridine rings is 1. The summed E-state index contributed by atoms with van der Waals surface area (Å²) in [4.78, 5) is 39.8. The third kappa shape index (κ3) is 7.47. The zero-order valence-corrected chi connectivity index (χ0v) is 28.6. The van der Waals surface area contributed by atoms with E-state index in [1.807, 2.05) is 40.2 Å². The fraction of sp³-hybridized carbons (Fsp3) is 0.250. The number of piperazine rings is 1. The zero-order chi connectivity index (χ0) is 34.5. The zero-order valence-electron chi connectivity index (χ0n) is 27.8. The Hall–Kier alpha value is -5.69. The summed E-state index contributed by atoms with van der Waals surface area (Å²) in [5, 5.41) is 16.4. The molecular formula is C36H37ClFN7O5. The second-order valence-corrected chi connectivity index (χ2v) is 11.4. The molecule has 1 aliphatic heterocycles. The Bertz CT molecular complexity index is 2040. The number of hydrogen-bond donors (Lipinski definition) is 0. The van der Waals surface area contributed by atoms with Crippen molar-refractivity contribution in [3.63, 3.8) is 0 Å². The van der Waals surface area contributed by atoms with Gasteiger partial charge in [-0.2, -0.15) is 4.57 Å². The van der Waals surface area contributed by atoms with E-state index in [1.165, 1.54) is 48.1 Å². The lowest BCUT2D eigenvalue weighted by Gasteiger charge is -2.40. The summed E-state index contributed by atoms with van der Waals surface area (Å²) in [7, 11) is 3.00. The fourth-order valence-corrected chi connectivity index (χ4v) is 5.88. The van der Waals surface area contributed by atoms with Crippen LogP contribution in [0.4, 0.5) is 15.8 Å². The normalized spacial score (nSPS) is 13.8. The van der Waals surface area contributed by atoms with Gasteiger partial charge in [-0.15, -0.1) is 12.4 Å². The lowest BCUT2D eigenvalue weighted by atomic mass is 10.1. The number of fused-ring (bicyclic) bond motifs is 1. The molecule has 3 heterocycles. The number of benzene rings is 3. The predicted molar refractivity (Wildman–Crippen MR) is 188 cm³/mol. The number of nitrogens with zero attached hydrogens (tertiary/aromatic N) is 7. The van der Waals surface area contributed by atoms with Crippen molar-refractivity contribution in [2.75, 3.05) is 50.3 Å². The standard InChI is InChI=1S/C36H36FN7O5.ClH/c1-25(43(31-16-15-28(48-2)23-32(31)49-3)36(47)38-27-13-11-26(37)12-14-27)34-39-30-10-6-5-9-29(30)35(46)44(34)42-21-19-41(20-22-42)33(45)24-40-17-7-4-8-18-40;/h4-18,23,25H,19-22,24H2,1-3H3;1H. The Kier molecular flexibility index (Phi) is 11.2. The van der Waals surface area contributed by atoms with Gasteiger partial charge in [0.15, 0.2) is 18.2 Å². The number of para-hydroxylation sites is 1. The van der Waals surface area contributed by atoms with Crippen molar-refractivity contribution in [3.8, 4) is 11.5 Å². The highest BCUT2D eigenvalue weighted by atomic mass is 35.5. The molecule has 1 saturated heterocycles. The molecule has 0 N–H and O–H groups in total. The van der Waals surface area contributed by atoms with Gasteiger partial charge < -0.3 is 29.4 Å². The molecule has 6 rings (SSSR count). The van der Waals surface area contributed by atoms with Crippen LogP contribution in [0.15, 0.2) is 107 Å². The third-order valence-electron chi connectivity index (χ3n) is 8.43. The Morgan fingerprint density at radius 3 is 2.36 bits per heavy atom. The Morgan fingerprint density at radius 1 is 0.980 bits per heavy atom. The van der Waals surface area contributed by atoms with E-state index in [-0.39, 0.29) is 41.9 Å². The number of halogens is 2. The molecule has 12 nitrogen and oxygen atoms in total.